The Morgan fingerprint density at radius 1 is 1.09 bits per heavy atom. The number of hydroxylamine groups is 1. The standard InChI is InChI=1S/C18H20N2O3/c21-18(20-22)11-10-15-6-8-16(9-7-15)14-19-12-13-23-17-4-2-1-3-5-17/h1-11,19,22H,12-14H2,(H,20,21)/b11-10+. The zero-order valence-electron chi connectivity index (χ0n) is 12.7. The lowest BCUT2D eigenvalue weighted by molar-refractivity contribution is -0.124. The van der Waals surface area contributed by atoms with Crippen LogP contribution in [0, 0.1) is 0 Å². The van der Waals surface area contributed by atoms with Gasteiger partial charge in [0.2, 0.25) is 0 Å². The Kier molecular flexibility index (Phi) is 6.84. The Morgan fingerprint density at radius 2 is 1.83 bits per heavy atom. The van der Waals surface area contributed by atoms with Crippen LogP contribution in [0.15, 0.2) is 60.7 Å². The van der Waals surface area contributed by atoms with Gasteiger partial charge in [0.05, 0.1) is 0 Å². The monoisotopic (exact) mass is 312 g/mol. The van der Waals surface area contributed by atoms with E-state index in [-0.39, 0.29) is 0 Å². The van der Waals surface area contributed by atoms with Crippen molar-refractivity contribution in [2.75, 3.05) is 13.2 Å². The van der Waals surface area contributed by atoms with Gasteiger partial charge in [-0.2, -0.15) is 0 Å². The van der Waals surface area contributed by atoms with Gasteiger partial charge in [0.25, 0.3) is 5.91 Å². The largest absolute Gasteiger partial charge is 0.492 e. The van der Waals surface area contributed by atoms with Gasteiger partial charge in [-0.3, -0.25) is 10.0 Å². The molecule has 2 rings (SSSR count). The van der Waals surface area contributed by atoms with Crippen LogP contribution in [0.2, 0.25) is 0 Å². The highest BCUT2D eigenvalue weighted by Gasteiger charge is 1.95. The molecule has 2 aromatic rings. The SMILES string of the molecule is O=C(/C=C/c1ccc(CNCCOc2ccccc2)cc1)NO. The number of rotatable bonds is 8. The van der Waals surface area contributed by atoms with E-state index in [2.05, 4.69) is 5.32 Å². The average Bonchev–Trinajstić information content (AvgIpc) is 2.61. The van der Waals surface area contributed by atoms with Crippen LogP contribution in [-0.2, 0) is 11.3 Å². The number of benzene rings is 2. The minimum Gasteiger partial charge on any atom is -0.492 e. The van der Waals surface area contributed by atoms with Crippen molar-refractivity contribution in [3.05, 3.63) is 71.8 Å². The molecule has 0 unspecified atom stereocenters. The van der Waals surface area contributed by atoms with Gasteiger partial charge in [0.15, 0.2) is 0 Å². The number of ether oxygens (including phenoxy) is 1. The summed E-state index contributed by atoms with van der Waals surface area (Å²) in [5.74, 6) is 0.325. The number of nitrogens with one attached hydrogen (secondary N) is 2. The van der Waals surface area contributed by atoms with Crippen molar-refractivity contribution in [3.8, 4) is 5.75 Å². The Balaban J connectivity index is 1.68. The lowest BCUT2D eigenvalue weighted by Crippen LogP contribution is -2.20. The molecule has 0 saturated heterocycles. The number of carbonyl (C=O) groups excluding carboxylic acids is 1. The molecular weight excluding hydrogens is 292 g/mol. The zero-order chi connectivity index (χ0) is 16.3. The van der Waals surface area contributed by atoms with Crippen molar-refractivity contribution in [3.63, 3.8) is 0 Å². The summed E-state index contributed by atoms with van der Waals surface area (Å²) in [7, 11) is 0. The van der Waals surface area contributed by atoms with Gasteiger partial charge in [-0.25, -0.2) is 5.48 Å². The third kappa shape index (κ3) is 6.34. The van der Waals surface area contributed by atoms with Gasteiger partial charge in [0.1, 0.15) is 12.4 Å². The molecule has 0 aromatic heterocycles. The molecular formula is C18H20N2O3. The number of amides is 1. The van der Waals surface area contributed by atoms with E-state index in [0.717, 1.165) is 30.0 Å². The van der Waals surface area contributed by atoms with E-state index in [1.807, 2.05) is 54.6 Å². The molecule has 2 aromatic carbocycles. The predicted molar refractivity (Wildman–Crippen MR) is 89.0 cm³/mol. The van der Waals surface area contributed by atoms with E-state index >= 15 is 0 Å². The molecule has 0 fully saturated rings. The molecule has 5 heteroatoms. The fourth-order valence-corrected chi connectivity index (χ4v) is 1.95. The van der Waals surface area contributed by atoms with Crippen molar-refractivity contribution in [1.82, 2.24) is 10.8 Å². The van der Waals surface area contributed by atoms with E-state index in [0.29, 0.717) is 6.61 Å². The molecule has 120 valence electrons. The van der Waals surface area contributed by atoms with E-state index in [1.165, 1.54) is 6.08 Å². The summed E-state index contributed by atoms with van der Waals surface area (Å²) < 4.78 is 5.60. The zero-order valence-corrected chi connectivity index (χ0v) is 12.7. The third-order valence-electron chi connectivity index (χ3n) is 3.14. The first-order chi connectivity index (χ1) is 11.3. The molecule has 3 N–H and O–H groups in total. The molecule has 0 saturated carbocycles. The van der Waals surface area contributed by atoms with Crippen LogP contribution in [0.1, 0.15) is 11.1 Å². The van der Waals surface area contributed by atoms with Crippen LogP contribution in [0.5, 0.6) is 5.75 Å². The summed E-state index contributed by atoms with van der Waals surface area (Å²) >= 11 is 0. The topological polar surface area (TPSA) is 70.6 Å². The van der Waals surface area contributed by atoms with Gasteiger partial charge < -0.3 is 10.1 Å². The maximum absolute atomic E-state index is 10.9. The lowest BCUT2D eigenvalue weighted by Gasteiger charge is -2.07. The number of carbonyl (C=O) groups is 1. The van der Waals surface area contributed by atoms with E-state index < -0.39 is 5.91 Å². The van der Waals surface area contributed by atoms with Gasteiger partial charge in [-0.15, -0.1) is 0 Å². The fourth-order valence-electron chi connectivity index (χ4n) is 1.95. The summed E-state index contributed by atoms with van der Waals surface area (Å²) in [6.45, 7) is 2.12. The second-order valence-corrected chi connectivity index (χ2v) is 4.89. The summed E-state index contributed by atoms with van der Waals surface area (Å²) in [5.41, 5.74) is 3.59. The van der Waals surface area contributed by atoms with E-state index in [4.69, 9.17) is 9.94 Å². The van der Waals surface area contributed by atoms with Crippen molar-refractivity contribution in [2.24, 2.45) is 0 Å². The molecule has 0 spiro atoms. The highest BCUT2D eigenvalue weighted by Crippen LogP contribution is 2.08. The summed E-state index contributed by atoms with van der Waals surface area (Å²) in [5, 5.41) is 11.7. The Labute approximate surface area is 135 Å². The molecule has 0 heterocycles. The van der Waals surface area contributed by atoms with Crippen molar-refractivity contribution in [1.29, 1.82) is 0 Å². The molecule has 0 radical (unpaired) electrons. The van der Waals surface area contributed by atoms with Crippen molar-refractivity contribution in [2.45, 2.75) is 6.54 Å². The van der Waals surface area contributed by atoms with Crippen LogP contribution < -0.4 is 15.5 Å². The number of para-hydroxylation sites is 1. The minimum absolute atomic E-state index is 0.547. The van der Waals surface area contributed by atoms with Crippen LogP contribution in [0.4, 0.5) is 0 Å². The van der Waals surface area contributed by atoms with Crippen LogP contribution in [0.25, 0.3) is 6.08 Å². The summed E-state index contributed by atoms with van der Waals surface area (Å²) in [4.78, 5) is 10.9. The first kappa shape index (κ1) is 16.7. The Morgan fingerprint density at radius 3 is 2.52 bits per heavy atom. The van der Waals surface area contributed by atoms with Crippen molar-refractivity contribution >= 4 is 12.0 Å². The minimum atomic E-state index is -0.547. The lowest BCUT2D eigenvalue weighted by atomic mass is 10.1. The molecule has 0 atom stereocenters. The predicted octanol–water partition coefficient (Wildman–Crippen LogP) is 2.37. The van der Waals surface area contributed by atoms with Gasteiger partial charge in [-0.05, 0) is 29.3 Å². The quantitative estimate of drug-likeness (QED) is 0.303. The summed E-state index contributed by atoms with van der Waals surface area (Å²) in [6.07, 6.45) is 2.91. The summed E-state index contributed by atoms with van der Waals surface area (Å²) in [6, 6.07) is 17.5. The first-order valence-electron chi connectivity index (χ1n) is 7.37. The normalized spacial score (nSPS) is 10.7. The molecule has 0 bridgehead atoms. The Hall–Kier alpha value is -2.63. The van der Waals surface area contributed by atoms with Crippen LogP contribution in [0.3, 0.4) is 0 Å². The van der Waals surface area contributed by atoms with Crippen molar-refractivity contribution < 1.29 is 14.7 Å². The second kappa shape index (κ2) is 9.40. The number of hydrogen-bond acceptors (Lipinski definition) is 4. The maximum atomic E-state index is 10.9. The third-order valence-corrected chi connectivity index (χ3v) is 3.14. The molecule has 0 aliphatic rings. The maximum Gasteiger partial charge on any atom is 0.267 e. The first-order valence-corrected chi connectivity index (χ1v) is 7.37. The van der Waals surface area contributed by atoms with E-state index in [1.54, 1.807) is 11.6 Å². The van der Waals surface area contributed by atoms with Gasteiger partial charge >= 0.3 is 0 Å². The van der Waals surface area contributed by atoms with Crippen LogP contribution in [-0.4, -0.2) is 24.3 Å². The molecule has 5 nitrogen and oxygen atoms in total. The molecule has 1 amide bonds. The smallest absolute Gasteiger partial charge is 0.267 e. The molecule has 0 aliphatic heterocycles. The highest BCUT2D eigenvalue weighted by atomic mass is 16.5. The van der Waals surface area contributed by atoms with Gasteiger partial charge in [0, 0.05) is 19.2 Å². The average molecular weight is 312 g/mol. The van der Waals surface area contributed by atoms with Crippen LogP contribution >= 0.6 is 0 Å². The second-order valence-electron chi connectivity index (χ2n) is 4.89. The molecule has 0 aliphatic carbocycles. The van der Waals surface area contributed by atoms with Gasteiger partial charge in [-0.1, -0.05) is 42.5 Å². The number of hydrogen-bond donors (Lipinski definition) is 3. The van der Waals surface area contributed by atoms with E-state index in [9.17, 15) is 4.79 Å². The fraction of sp³-hybridized carbons (Fsp3) is 0.167. The Bertz CT molecular complexity index is 624. The molecule has 23 heavy (non-hydrogen) atoms. The highest BCUT2D eigenvalue weighted by molar-refractivity contribution is 5.90.